The van der Waals surface area contributed by atoms with Crippen LogP contribution >= 0.6 is 0 Å². The normalized spacial score (nSPS) is 14.9. The number of hydrogen-bond donors (Lipinski definition) is 0. The second-order valence-corrected chi connectivity index (χ2v) is 19.0. The summed E-state index contributed by atoms with van der Waals surface area (Å²) < 4.78 is 33.5. The van der Waals surface area contributed by atoms with Crippen molar-refractivity contribution in [3.8, 4) is 73.6 Å². The molecule has 3 heterocycles. The van der Waals surface area contributed by atoms with Gasteiger partial charge in [0, 0.05) is 16.6 Å². The second-order valence-electron chi connectivity index (χ2n) is 19.0. The van der Waals surface area contributed by atoms with Gasteiger partial charge in [0.1, 0.15) is 11.8 Å². The molecular weight excluding hydrogens is 852 g/mol. The van der Waals surface area contributed by atoms with E-state index >= 15 is 4.39 Å². The van der Waals surface area contributed by atoms with Crippen LogP contribution in [-0.4, -0.2) is 11.9 Å². The lowest BCUT2D eigenvalue weighted by atomic mass is 9.83. The largest absolute Gasteiger partial charge is 0.453 e. The van der Waals surface area contributed by atoms with E-state index in [4.69, 9.17) is 9.47 Å². The average molecular weight is 899 g/mol. The zero-order valence-corrected chi connectivity index (χ0v) is 39.0. The zero-order valence-electron chi connectivity index (χ0n) is 39.0. The van der Waals surface area contributed by atoms with E-state index in [0.717, 1.165) is 55.6 Å². The van der Waals surface area contributed by atoms with Gasteiger partial charge in [-0.3, -0.25) is 9.80 Å². The maximum absolute atomic E-state index is 19.7. The van der Waals surface area contributed by atoms with Gasteiger partial charge in [0.15, 0.2) is 28.8 Å². The van der Waals surface area contributed by atoms with Crippen LogP contribution < -0.4 is 19.3 Å². The van der Waals surface area contributed by atoms with Crippen LogP contribution in [0.25, 0.3) is 44.5 Å². The summed E-state index contributed by atoms with van der Waals surface area (Å²) in [6, 6.07) is 67.7. The molecule has 69 heavy (non-hydrogen) atoms. The molecule has 6 nitrogen and oxygen atoms in total. The fraction of sp³-hybridized carbons (Fsp3) is 0.113. The van der Waals surface area contributed by atoms with Crippen molar-refractivity contribution in [3.63, 3.8) is 0 Å². The van der Waals surface area contributed by atoms with Gasteiger partial charge in [-0.05, 0) is 133 Å². The number of anilines is 6. The lowest BCUT2D eigenvalue weighted by Crippen LogP contribution is -2.42. The highest BCUT2D eigenvalue weighted by Crippen LogP contribution is 2.63. The molecule has 0 bridgehead atoms. The summed E-state index contributed by atoms with van der Waals surface area (Å²) in [5, 5.41) is 11.7. The summed E-state index contributed by atoms with van der Waals surface area (Å²) in [4.78, 5) is 6.21. The first-order chi connectivity index (χ1) is 33.5. The van der Waals surface area contributed by atoms with E-state index in [-0.39, 0.29) is 11.3 Å². The molecule has 0 aromatic heterocycles. The first-order valence-electron chi connectivity index (χ1n) is 23.3. The SMILES string of the molecule is CN1C(C)(C)c2c(C#N)c(N3c4ccc(-c5ccccc5)cc4Oc4cc(-c5ccccc5)ccc43)c(F)c(N3c4ccc(-c5ccccc5)cc4Oc4cc(-c5ccccc5)ccc43)c2C1(C)C. The Bertz CT molecular complexity index is 3370. The molecule has 12 rings (SSSR count). The molecule has 0 fully saturated rings. The third kappa shape index (κ3) is 6.55. The zero-order chi connectivity index (χ0) is 47.2. The van der Waals surface area contributed by atoms with Crippen molar-refractivity contribution >= 4 is 34.1 Å². The molecule has 0 unspecified atom stereocenters. The highest BCUT2D eigenvalue weighted by Gasteiger charge is 2.53. The van der Waals surface area contributed by atoms with Crippen LogP contribution in [0.1, 0.15) is 44.4 Å². The van der Waals surface area contributed by atoms with Gasteiger partial charge < -0.3 is 14.4 Å². The molecule has 9 aromatic carbocycles. The van der Waals surface area contributed by atoms with Gasteiger partial charge in [0.2, 0.25) is 0 Å². The second kappa shape index (κ2) is 15.8. The number of nitriles is 1. The minimum Gasteiger partial charge on any atom is -0.453 e. The molecule has 0 saturated carbocycles. The predicted octanol–water partition coefficient (Wildman–Crippen LogP) is 16.9. The van der Waals surface area contributed by atoms with Crippen LogP contribution in [0.5, 0.6) is 23.0 Å². The maximum Gasteiger partial charge on any atom is 0.172 e. The molecule has 0 saturated heterocycles. The molecule has 3 aliphatic rings. The maximum atomic E-state index is 19.7. The van der Waals surface area contributed by atoms with Crippen LogP contribution in [0, 0.1) is 17.1 Å². The van der Waals surface area contributed by atoms with Gasteiger partial charge in [-0.2, -0.15) is 5.26 Å². The molecule has 0 N–H and O–H groups in total. The highest BCUT2D eigenvalue weighted by atomic mass is 19.1. The first-order valence-corrected chi connectivity index (χ1v) is 23.3. The van der Waals surface area contributed by atoms with E-state index in [0.29, 0.717) is 51.4 Å². The minimum absolute atomic E-state index is 0.146. The fourth-order valence-corrected chi connectivity index (χ4v) is 10.8. The fourth-order valence-electron chi connectivity index (χ4n) is 10.8. The number of benzene rings is 9. The molecule has 0 amide bonds. The molecule has 334 valence electrons. The van der Waals surface area contributed by atoms with E-state index in [1.54, 1.807) is 0 Å². The van der Waals surface area contributed by atoms with Crippen LogP contribution in [0.15, 0.2) is 194 Å². The van der Waals surface area contributed by atoms with Gasteiger partial charge in [0.05, 0.1) is 34.0 Å². The van der Waals surface area contributed by atoms with Crippen molar-refractivity contribution in [2.75, 3.05) is 16.8 Å². The molecule has 0 radical (unpaired) electrons. The van der Waals surface area contributed by atoms with E-state index in [1.165, 1.54) is 0 Å². The van der Waals surface area contributed by atoms with Gasteiger partial charge >= 0.3 is 0 Å². The minimum atomic E-state index is -0.748. The summed E-state index contributed by atoms with van der Waals surface area (Å²) >= 11 is 0. The third-order valence-electron chi connectivity index (χ3n) is 14.5. The number of halogens is 1. The monoisotopic (exact) mass is 898 g/mol. The summed E-state index contributed by atoms with van der Waals surface area (Å²) in [5.41, 5.74) is 11.3. The van der Waals surface area contributed by atoms with Crippen molar-refractivity contribution in [1.29, 1.82) is 5.26 Å². The number of fused-ring (bicyclic) bond motifs is 5. The van der Waals surface area contributed by atoms with Crippen LogP contribution in [0.4, 0.5) is 38.5 Å². The number of rotatable bonds is 6. The van der Waals surface area contributed by atoms with Gasteiger partial charge in [-0.1, -0.05) is 146 Å². The lowest BCUT2D eigenvalue weighted by molar-refractivity contribution is 0.0731. The smallest absolute Gasteiger partial charge is 0.172 e. The molecule has 3 aliphatic heterocycles. The molecular formula is C62H47FN4O2. The first kappa shape index (κ1) is 42.0. The molecule has 0 aliphatic carbocycles. The molecule has 9 aromatic rings. The molecule has 0 spiro atoms. The highest BCUT2D eigenvalue weighted by molar-refractivity contribution is 5.98. The lowest BCUT2D eigenvalue weighted by Gasteiger charge is -2.40. The van der Waals surface area contributed by atoms with E-state index in [1.807, 2.05) is 143 Å². The Morgan fingerprint density at radius 3 is 1.03 bits per heavy atom. The predicted molar refractivity (Wildman–Crippen MR) is 276 cm³/mol. The number of nitrogens with zero attached hydrogens (tertiary/aromatic N) is 4. The average Bonchev–Trinajstić information content (AvgIpc) is 3.53. The third-order valence-corrected chi connectivity index (χ3v) is 14.5. The standard InChI is InChI=1S/C62H47FN4O2/c1-61(2)56-47(38-64)59(66-48-30-26-43(39-18-10-6-11-19-39)34-52(48)68-53-35-44(27-31-49(53)66)40-20-12-7-13-21-40)58(63)60(57(56)62(3,4)65(61)5)67-50-32-28-45(41-22-14-8-15-23-41)36-54(50)69-55-37-46(29-33-51(55)67)42-24-16-9-17-25-42/h6-37H,1-5H3. The summed E-state index contributed by atoms with van der Waals surface area (Å²) in [7, 11) is 2.07. The van der Waals surface area contributed by atoms with Gasteiger partial charge in [-0.25, -0.2) is 4.39 Å². The van der Waals surface area contributed by atoms with E-state index in [2.05, 4.69) is 106 Å². The quantitative estimate of drug-likeness (QED) is 0.166. The van der Waals surface area contributed by atoms with Crippen molar-refractivity contribution in [3.05, 3.63) is 217 Å². The van der Waals surface area contributed by atoms with Gasteiger partial charge in [0.25, 0.3) is 0 Å². The molecule has 7 heteroatoms. The van der Waals surface area contributed by atoms with Crippen molar-refractivity contribution in [2.24, 2.45) is 0 Å². The number of hydrogen-bond acceptors (Lipinski definition) is 6. The van der Waals surface area contributed by atoms with Crippen LogP contribution in [0.3, 0.4) is 0 Å². The summed E-state index contributed by atoms with van der Waals surface area (Å²) in [6.45, 7) is 8.51. The number of ether oxygens (including phenoxy) is 2. The van der Waals surface area contributed by atoms with Crippen molar-refractivity contribution in [2.45, 2.75) is 38.8 Å². The summed E-state index contributed by atoms with van der Waals surface area (Å²) in [6.07, 6.45) is 0. The Labute approximate surface area is 402 Å². The Morgan fingerprint density at radius 2 is 0.710 bits per heavy atom. The van der Waals surface area contributed by atoms with E-state index < -0.39 is 16.9 Å². The Balaban J connectivity index is 1.17. The molecule has 0 atom stereocenters. The Kier molecular flexibility index (Phi) is 9.63. The van der Waals surface area contributed by atoms with Gasteiger partial charge in [-0.15, -0.1) is 0 Å². The van der Waals surface area contributed by atoms with Crippen LogP contribution in [0.2, 0.25) is 0 Å². The topological polar surface area (TPSA) is 52.0 Å². The Hall–Kier alpha value is -8.44. The summed E-state index contributed by atoms with van der Waals surface area (Å²) in [5.74, 6) is 1.71. The Morgan fingerprint density at radius 1 is 0.406 bits per heavy atom. The van der Waals surface area contributed by atoms with E-state index in [9.17, 15) is 5.26 Å². The van der Waals surface area contributed by atoms with Crippen molar-refractivity contribution in [1.82, 2.24) is 4.90 Å². The van der Waals surface area contributed by atoms with Crippen LogP contribution in [-0.2, 0) is 11.1 Å². The van der Waals surface area contributed by atoms with Crippen molar-refractivity contribution < 1.29 is 13.9 Å².